The maximum absolute atomic E-state index is 12.7. The fourth-order valence-corrected chi connectivity index (χ4v) is 3.52. The molecule has 1 unspecified atom stereocenters. The molecule has 152 valence electrons. The number of aliphatic carboxylic acids is 1. The van der Waals surface area contributed by atoms with Crippen LogP contribution in [-0.2, 0) is 14.4 Å². The monoisotopic (exact) mass is 412 g/mol. The van der Waals surface area contributed by atoms with E-state index in [0.717, 1.165) is 28.3 Å². The molecule has 7 heteroatoms. The first kappa shape index (κ1) is 22.2. The summed E-state index contributed by atoms with van der Waals surface area (Å²) in [6, 6.07) is 12.9. The minimum Gasteiger partial charge on any atom is -0.478 e. The van der Waals surface area contributed by atoms with Crippen molar-refractivity contribution in [3.05, 3.63) is 65.7 Å². The molecule has 0 bridgehead atoms. The van der Waals surface area contributed by atoms with E-state index in [9.17, 15) is 14.4 Å². The van der Waals surface area contributed by atoms with Gasteiger partial charge in [0.05, 0.1) is 5.25 Å². The molecular formula is C22H24N2O4S. The van der Waals surface area contributed by atoms with Crippen molar-refractivity contribution in [3.8, 4) is 0 Å². The molecule has 0 aliphatic rings. The SMILES string of the molecule is CCC(Sc1cccc(NC(=O)/C=C/C(=O)O)c1)C(=O)Nc1ccc(C)c(C)c1. The zero-order valence-electron chi connectivity index (χ0n) is 16.6. The Hall–Kier alpha value is -3.06. The van der Waals surface area contributed by atoms with E-state index < -0.39 is 11.9 Å². The summed E-state index contributed by atoms with van der Waals surface area (Å²) in [7, 11) is 0. The van der Waals surface area contributed by atoms with E-state index in [0.29, 0.717) is 12.1 Å². The van der Waals surface area contributed by atoms with E-state index in [4.69, 9.17) is 5.11 Å². The highest BCUT2D eigenvalue weighted by Gasteiger charge is 2.18. The van der Waals surface area contributed by atoms with Gasteiger partial charge in [-0.05, 0) is 61.7 Å². The van der Waals surface area contributed by atoms with Crippen LogP contribution in [0.1, 0.15) is 24.5 Å². The van der Waals surface area contributed by atoms with Gasteiger partial charge >= 0.3 is 5.97 Å². The quantitative estimate of drug-likeness (QED) is 0.441. The summed E-state index contributed by atoms with van der Waals surface area (Å²) in [4.78, 5) is 35.7. The van der Waals surface area contributed by atoms with Gasteiger partial charge in [-0.15, -0.1) is 11.8 Å². The molecule has 2 aromatic carbocycles. The molecule has 1 atom stereocenters. The zero-order valence-corrected chi connectivity index (χ0v) is 17.4. The number of hydrogen-bond acceptors (Lipinski definition) is 4. The van der Waals surface area contributed by atoms with E-state index in [2.05, 4.69) is 10.6 Å². The average Bonchev–Trinajstić information content (AvgIpc) is 2.67. The first-order valence-corrected chi connectivity index (χ1v) is 10.0. The number of carboxylic acids is 1. The molecule has 3 N–H and O–H groups in total. The van der Waals surface area contributed by atoms with Crippen molar-refractivity contribution in [1.82, 2.24) is 0 Å². The normalized spacial score (nSPS) is 11.8. The third-order valence-electron chi connectivity index (χ3n) is 4.19. The van der Waals surface area contributed by atoms with Crippen LogP contribution in [0.5, 0.6) is 0 Å². The van der Waals surface area contributed by atoms with Crippen LogP contribution < -0.4 is 10.6 Å². The maximum Gasteiger partial charge on any atom is 0.328 e. The highest BCUT2D eigenvalue weighted by molar-refractivity contribution is 8.00. The number of carbonyl (C=O) groups is 3. The van der Waals surface area contributed by atoms with Crippen molar-refractivity contribution < 1.29 is 19.5 Å². The van der Waals surface area contributed by atoms with E-state index in [1.807, 2.05) is 45.0 Å². The van der Waals surface area contributed by atoms with E-state index >= 15 is 0 Å². The molecule has 0 aliphatic heterocycles. The highest BCUT2D eigenvalue weighted by atomic mass is 32.2. The Morgan fingerprint density at radius 3 is 2.38 bits per heavy atom. The molecule has 6 nitrogen and oxygen atoms in total. The number of hydrogen-bond donors (Lipinski definition) is 3. The predicted octanol–water partition coefficient (Wildman–Crippen LogP) is 4.39. The predicted molar refractivity (Wildman–Crippen MR) is 116 cm³/mol. The first-order valence-electron chi connectivity index (χ1n) is 9.15. The van der Waals surface area contributed by atoms with Gasteiger partial charge in [-0.1, -0.05) is 19.1 Å². The van der Waals surface area contributed by atoms with Crippen LogP contribution in [0, 0.1) is 13.8 Å². The van der Waals surface area contributed by atoms with Crippen molar-refractivity contribution in [2.24, 2.45) is 0 Å². The van der Waals surface area contributed by atoms with Crippen LogP contribution >= 0.6 is 11.8 Å². The maximum atomic E-state index is 12.7. The van der Waals surface area contributed by atoms with Crippen LogP contribution in [-0.4, -0.2) is 28.1 Å². The number of benzene rings is 2. The molecule has 0 aromatic heterocycles. The Balaban J connectivity index is 2.04. The molecule has 0 saturated heterocycles. The lowest BCUT2D eigenvalue weighted by Crippen LogP contribution is -2.24. The molecule has 0 radical (unpaired) electrons. The number of amides is 2. The summed E-state index contributed by atoms with van der Waals surface area (Å²) in [6.07, 6.45) is 2.37. The number of aryl methyl sites for hydroxylation is 2. The Kier molecular flexibility index (Phi) is 8.03. The number of carboxylic acid groups (broad SMARTS) is 1. The summed E-state index contributed by atoms with van der Waals surface area (Å²) < 4.78 is 0. The highest BCUT2D eigenvalue weighted by Crippen LogP contribution is 2.28. The Morgan fingerprint density at radius 2 is 1.72 bits per heavy atom. The van der Waals surface area contributed by atoms with Gasteiger partial charge in [-0.3, -0.25) is 9.59 Å². The third-order valence-corrected chi connectivity index (χ3v) is 5.55. The minimum atomic E-state index is -1.19. The number of nitrogens with one attached hydrogen (secondary N) is 2. The number of carbonyl (C=O) groups excluding carboxylic acids is 2. The lowest BCUT2D eigenvalue weighted by Gasteiger charge is -2.16. The van der Waals surface area contributed by atoms with Crippen molar-refractivity contribution in [3.63, 3.8) is 0 Å². The van der Waals surface area contributed by atoms with Crippen molar-refractivity contribution in [1.29, 1.82) is 0 Å². The van der Waals surface area contributed by atoms with Crippen LogP contribution in [0.2, 0.25) is 0 Å². The molecule has 0 aliphatic carbocycles. The Morgan fingerprint density at radius 1 is 1.00 bits per heavy atom. The number of anilines is 2. The lowest BCUT2D eigenvalue weighted by molar-refractivity contribution is -0.131. The summed E-state index contributed by atoms with van der Waals surface area (Å²) in [5, 5.41) is 13.8. The van der Waals surface area contributed by atoms with Crippen molar-refractivity contribution in [2.45, 2.75) is 37.3 Å². The topological polar surface area (TPSA) is 95.5 Å². The largest absolute Gasteiger partial charge is 0.478 e. The van der Waals surface area contributed by atoms with Gasteiger partial charge in [0.1, 0.15) is 0 Å². The zero-order chi connectivity index (χ0) is 21.4. The van der Waals surface area contributed by atoms with Gasteiger partial charge in [-0.25, -0.2) is 4.79 Å². The van der Waals surface area contributed by atoms with Gasteiger partial charge in [-0.2, -0.15) is 0 Å². The second-order valence-electron chi connectivity index (χ2n) is 6.49. The number of thioether (sulfide) groups is 1. The van der Waals surface area contributed by atoms with Crippen LogP contribution in [0.25, 0.3) is 0 Å². The van der Waals surface area contributed by atoms with E-state index in [1.165, 1.54) is 17.3 Å². The van der Waals surface area contributed by atoms with Crippen LogP contribution in [0.15, 0.2) is 59.5 Å². The molecule has 0 spiro atoms. The van der Waals surface area contributed by atoms with Gasteiger partial charge in [0.2, 0.25) is 11.8 Å². The number of rotatable bonds is 8. The van der Waals surface area contributed by atoms with Gasteiger partial charge in [0, 0.05) is 28.4 Å². The average molecular weight is 413 g/mol. The van der Waals surface area contributed by atoms with Crippen LogP contribution in [0.3, 0.4) is 0 Å². The molecular weight excluding hydrogens is 388 g/mol. The molecule has 2 rings (SSSR count). The Labute approximate surface area is 174 Å². The van der Waals surface area contributed by atoms with E-state index in [1.54, 1.807) is 18.2 Å². The second kappa shape index (κ2) is 10.5. The van der Waals surface area contributed by atoms with E-state index in [-0.39, 0.29) is 11.2 Å². The molecule has 29 heavy (non-hydrogen) atoms. The second-order valence-corrected chi connectivity index (χ2v) is 7.77. The smallest absolute Gasteiger partial charge is 0.328 e. The Bertz CT molecular complexity index is 940. The van der Waals surface area contributed by atoms with Gasteiger partial charge < -0.3 is 15.7 Å². The summed E-state index contributed by atoms with van der Waals surface area (Å²) in [6.45, 7) is 5.97. The van der Waals surface area contributed by atoms with Crippen LogP contribution in [0.4, 0.5) is 11.4 Å². The summed E-state index contributed by atoms with van der Waals surface area (Å²) in [5.41, 5.74) is 3.58. The van der Waals surface area contributed by atoms with Gasteiger partial charge in [0.25, 0.3) is 0 Å². The third kappa shape index (κ3) is 7.12. The molecule has 0 heterocycles. The van der Waals surface area contributed by atoms with Crippen molar-refractivity contribution >= 4 is 40.9 Å². The summed E-state index contributed by atoms with van der Waals surface area (Å²) >= 11 is 1.41. The summed E-state index contributed by atoms with van der Waals surface area (Å²) in [5.74, 6) is -1.81. The van der Waals surface area contributed by atoms with Crippen molar-refractivity contribution in [2.75, 3.05) is 10.6 Å². The first-order chi connectivity index (χ1) is 13.8. The molecule has 2 amide bonds. The minimum absolute atomic E-state index is 0.0837. The molecule has 0 saturated carbocycles. The van der Waals surface area contributed by atoms with Gasteiger partial charge in [0.15, 0.2) is 0 Å². The fourth-order valence-electron chi connectivity index (χ4n) is 2.51. The lowest BCUT2D eigenvalue weighted by atomic mass is 10.1. The fraction of sp³-hybridized carbons (Fsp3) is 0.227. The molecule has 0 fully saturated rings. The standard InChI is InChI=1S/C22H24N2O4S/c1-4-19(22(28)24-17-9-8-14(2)15(3)12-17)29-18-7-5-6-16(13-18)23-20(25)10-11-21(26)27/h5-13,19H,4H2,1-3H3,(H,23,25)(H,24,28)(H,26,27)/b11-10+. The molecule has 2 aromatic rings.